The lowest BCUT2D eigenvalue weighted by Gasteiger charge is -2.22. The van der Waals surface area contributed by atoms with Gasteiger partial charge >= 0.3 is 5.97 Å². The number of para-hydroxylation sites is 1. The second-order valence-electron chi connectivity index (χ2n) is 10.9. The topological polar surface area (TPSA) is 108 Å². The third kappa shape index (κ3) is 8.43. The molecule has 0 atom stereocenters. The smallest absolute Gasteiger partial charge is 0.308 e. The van der Waals surface area contributed by atoms with Gasteiger partial charge in [-0.15, -0.1) is 0 Å². The Balaban J connectivity index is 1.22. The largest absolute Gasteiger partial charge is 0.427 e. The van der Waals surface area contributed by atoms with Gasteiger partial charge in [-0.1, -0.05) is 54.6 Å². The molecule has 10 heteroatoms. The fourth-order valence-corrected chi connectivity index (χ4v) is 6.51. The molecular weight excluding hydrogens is 588 g/mol. The van der Waals surface area contributed by atoms with E-state index in [4.69, 9.17) is 4.74 Å². The summed E-state index contributed by atoms with van der Waals surface area (Å²) in [6, 6.07) is 28.5. The zero-order valence-electron chi connectivity index (χ0n) is 25.3. The van der Waals surface area contributed by atoms with Crippen LogP contribution in [0.5, 0.6) is 5.75 Å². The molecule has 0 saturated carbocycles. The molecule has 1 fully saturated rings. The van der Waals surface area contributed by atoms with Crippen molar-refractivity contribution in [2.75, 3.05) is 30.9 Å². The van der Waals surface area contributed by atoms with Gasteiger partial charge in [0, 0.05) is 57.1 Å². The average Bonchev–Trinajstić information content (AvgIpc) is 3.26. The van der Waals surface area contributed by atoms with Gasteiger partial charge in [-0.2, -0.15) is 0 Å². The van der Waals surface area contributed by atoms with Crippen LogP contribution < -0.4 is 9.46 Å². The molecule has 1 aliphatic rings. The Morgan fingerprint density at radius 1 is 0.889 bits per heavy atom. The Hall–Kier alpha value is -4.80. The van der Waals surface area contributed by atoms with Crippen molar-refractivity contribution >= 4 is 39.5 Å². The number of nitrogens with one attached hydrogen (secondary N) is 1. The van der Waals surface area contributed by atoms with Gasteiger partial charge in [0.05, 0.1) is 5.69 Å². The van der Waals surface area contributed by atoms with Crippen molar-refractivity contribution in [1.82, 2.24) is 9.80 Å². The van der Waals surface area contributed by atoms with E-state index in [0.29, 0.717) is 48.9 Å². The maximum atomic E-state index is 13.4. The van der Waals surface area contributed by atoms with E-state index in [1.165, 1.54) is 13.0 Å². The van der Waals surface area contributed by atoms with Crippen molar-refractivity contribution in [2.24, 2.45) is 4.99 Å². The quantitative estimate of drug-likeness (QED) is 0.143. The first kappa shape index (κ1) is 31.6. The number of benzene rings is 4. The monoisotopic (exact) mass is 624 g/mol. The first-order valence-electron chi connectivity index (χ1n) is 14.8. The number of carbonyl (C=O) groups is 2. The molecule has 0 aromatic heterocycles. The summed E-state index contributed by atoms with van der Waals surface area (Å²) in [6.45, 7) is 6.61. The molecule has 232 valence electrons. The van der Waals surface area contributed by atoms with Crippen LogP contribution in [0.25, 0.3) is 0 Å². The number of amides is 1. The summed E-state index contributed by atoms with van der Waals surface area (Å²) < 4.78 is 34.7. The van der Waals surface area contributed by atoms with Gasteiger partial charge in [-0.25, -0.2) is 8.42 Å². The Morgan fingerprint density at radius 2 is 1.64 bits per heavy atom. The van der Waals surface area contributed by atoms with E-state index in [-0.39, 0.29) is 16.8 Å². The van der Waals surface area contributed by atoms with Crippen LogP contribution >= 0.6 is 0 Å². The minimum atomic E-state index is -3.96. The predicted molar refractivity (Wildman–Crippen MR) is 176 cm³/mol. The molecule has 9 nitrogen and oxygen atoms in total. The lowest BCUT2D eigenvalue weighted by Crippen LogP contribution is -2.35. The Bertz CT molecular complexity index is 1790. The van der Waals surface area contributed by atoms with Crippen LogP contribution in [-0.2, 0) is 21.4 Å². The van der Waals surface area contributed by atoms with E-state index in [2.05, 4.69) is 14.6 Å². The third-order valence-electron chi connectivity index (χ3n) is 7.46. The number of esters is 1. The summed E-state index contributed by atoms with van der Waals surface area (Å²) in [5.41, 5.74) is 3.84. The minimum absolute atomic E-state index is 0.0714. The van der Waals surface area contributed by atoms with Crippen molar-refractivity contribution in [1.29, 1.82) is 0 Å². The minimum Gasteiger partial charge on any atom is -0.427 e. The average molecular weight is 625 g/mol. The highest BCUT2D eigenvalue weighted by molar-refractivity contribution is 7.92. The van der Waals surface area contributed by atoms with E-state index in [1.54, 1.807) is 42.6 Å². The van der Waals surface area contributed by atoms with E-state index in [9.17, 15) is 18.0 Å². The van der Waals surface area contributed by atoms with Gasteiger partial charge in [-0.05, 0) is 72.5 Å². The van der Waals surface area contributed by atoms with Gasteiger partial charge in [0.15, 0.2) is 0 Å². The molecule has 4 aromatic carbocycles. The fourth-order valence-electron chi connectivity index (χ4n) is 5.23. The van der Waals surface area contributed by atoms with Crippen LogP contribution in [0, 0.1) is 6.92 Å². The summed E-state index contributed by atoms with van der Waals surface area (Å²) in [5, 5.41) is 0. The maximum absolute atomic E-state index is 13.4. The van der Waals surface area contributed by atoms with Crippen molar-refractivity contribution in [2.45, 2.75) is 31.7 Å². The van der Waals surface area contributed by atoms with Gasteiger partial charge in [-0.3, -0.25) is 24.2 Å². The van der Waals surface area contributed by atoms with Crippen LogP contribution in [0.2, 0.25) is 0 Å². The molecule has 45 heavy (non-hydrogen) atoms. The molecule has 0 unspecified atom stereocenters. The highest BCUT2D eigenvalue weighted by Crippen LogP contribution is 2.30. The Kier molecular flexibility index (Phi) is 10.1. The Labute approximate surface area is 264 Å². The molecule has 0 bridgehead atoms. The molecule has 1 N–H and O–H groups in total. The molecule has 0 aliphatic carbocycles. The molecule has 4 aromatic rings. The van der Waals surface area contributed by atoms with Gasteiger partial charge < -0.3 is 9.64 Å². The standard InChI is InChI=1S/C35H36N4O5S/c1-26-9-6-14-33(34(26)36-24-28-10-4-3-5-11-28)45(42,43)37-31-17-15-30(16-18-31)35(41)39-20-8-19-38(21-22-39)25-29-12-7-13-32(23-29)44-27(2)40/h3-7,9-18,23-24,37H,8,19-22,25H2,1-2H3. The third-order valence-corrected chi connectivity index (χ3v) is 8.87. The first-order valence-corrected chi connectivity index (χ1v) is 16.3. The van der Waals surface area contributed by atoms with Crippen LogP contribution in [0.3, 0.4) is 0 Å². The zero-order chi connectivity index (χ0) is 31.8. The highest BCUT2D eigenvalue weighted by atomic mass is 32.2. The van der Waals surface area contributed by atoms with E-state index < -0.39 is 10.0 Å². The van der Waals surface area contributed by atoms with Gasteiger partial charge in [0.2, 0.25) is 0 Å². The number of ether oxygens (including phenoxy) is 1. The van der Waals surface area contributed by atoms with Crippen LogP contribution in [-0.4, -0.2) is 62.5 Å². The number of aryl methyl sites for hydroxylation is 1. The second kappa shape index (κ2) is 14.3. The van der Waals surface area contributed by atoms with Crippen molar-refractivity contribution in [3.63, 3.8) is 0 Å². The number of carbonyl (C=O) groups excluding carboxylic acids is 2. The SMILES string of the molecule is CC(=O)Oc1cccc(CN2CCCN(C(=O)c3ccc(NS(=O)(=O)c4cccc(C)c4N=Cc4ccccc4)cc3)CC2)c1. The number of hydrogen-bond donors (Lipinski definition) is 1. The Morgan fingerprint density at radius 3 is 2.40 bits per heavy atom. The lowest BCUT2D eigenvalue weighted by atomic mass is 10.2. The summed E-state index contributed by atoms with van der Waals surface area (Å²) >= 11 is 0. The zero-order valence-corrected chi connectivity index (χ0v) is 26.2. The summed E-state index contributed by atoms with van der Waals surface area (Å²) in [4.78, 5) is 33.3. The molecule has 0 radical (unpaired) electrons. The number of sulfonamides is 1. The van der Waals surface area contributed by atoms with E-state index >= 15 is 0 Å². The predicted octanol–water partition coefficient (Wildman–Crippen LogP) is 5.82. The van der Waals surface area contributed by atoms with Gasteiger partial charge in [0.25, 0.3) is 15.9 Å². The normalized spacial score (nSPS) is 14.2. The summed E-state index contributed by atoms with van der Waals surface area (Å²) in [5.74, 6) is 0.0683. The number of hydrogen-bond acceptors (Lipinski definition) is 7. The van der Waals surface area contributed by atoms with Crippen molar-refractivity contribution in [3.05, 3.63) is 119 Å². The van der Waals surface area contributed by atoms with Crippen LogP contribution in [0.1, 0.15) is 40.4 Å². The fraction of sp³-hybridized carbons (Fsp3) is 0.229. The summed E-state index contributed by atoms with van der Waals surface area (Å²) in [6.07, 6.45) is 2.46. The second-order valence-corrected chi connectivity index (χ2v) is 12.6. The molecule has 0 spiro atoms. The molecule has 1 aliphatic heterocycles. The van der Waals surface area contributed by atoms with Gasteiger partial charge in [0.1, 0.15) is 10.6 Å². The molecule has 1 amide bonds. The number of anilines is 1. The number of rotatable bonds is 9. The van der Waals surface area contributed by atoms with Crippen LogP contribution in [0.15, 0.2) is 107 Å². The molecule has 1 heterocycles. The van der Waals surface area contributed by atoms with Crippen molar-refractivity contribution < 1.29 is 22.7 Å². The maximum Gasteiger partial charge on any atom is 0.308 e. The number of aliphatic imine (C=N–C) groups is 1. The lowest BCUT2D eigenvalue weighted by molar-refractivity contribution is -0.131. The summed E-state index contributed by atoms with van der Waals surface area (Å²) in [7, 11) is -3.96. The van der Waals surface area contributed by atoms with E-state index in [0.717, 1.165) is 29.7 Å². The molecular formula is C35H36N4O5S. The molecule has 5 rings (SSSR count). The van der Waals surface area contributed by atoms with Crippen LogP contribution in [0.4, 0.5) is 11.4 Å². The van der Waals surface area contributed by atoms with E-state index in [1.807, 2.05) is 66.4 Å². The number of nitrogens with zero attached hydrogens (tertiary/aromatic N) is 3. The van der Waals surface area contributed by atoms with Crippen molar-refractivity contribution in [3.8, 4) is 5.75 Å². The highest BCUT2D eigenvalue weighted by Gasteiger charge is 2.22. The molecule has 1 saturated heterocycles. The first-order chi connectivity index (χ1) is 21.7.